The van der Waals surface area contributed by atoms with Crippen molar-refractivity contribution in [1.82, 2.24) is 47.1 Å². The lowest BCUT2D eigenvalue weighted by Crippen LogP contribution is -2.37. The Hall–Kier alpha value is -12.6. The molecule has 52 heteroatoms. The first-order valence-corrected chi connectivity index (χ1v) is 43.6. The van der Waals surface area contributed by atoms with E-state index >= 15 is 0 Å². The first-order chi connectivity index (χ1) is 56.1. The molecule has 2 aromatic heterocycles. The fourth-order valence-electron chi connectivity index (χ4n) is 11.1. The van der Waals surface area contributed by atoms with Gasteiger partial charge < -0.3 is 51.7 Å². The van der Waals surface area contributed by atoms with Crippen LogP contribution in [0.5, 0.6) is 0 Å². The molecule has 0 amide bonds. The molecule has 0 unspecified atom stereocenters. The number of rotatable bonds is 41. The summed E-state index contributed by atoms with van der Waals surface area (Å²) >= 11 is 0. The fraction of sp³-hybridized carbons (Fsp3) is 0.265. The number of aliphatic hydroxyl groups excluding tert-OH is 6. The van der Waals surface area contributed by atoms with Crippen molar-refractivity contribution in [1.29, 1.82) is 43.3 Å². The van der Waals surface area contributed by atoms with Crippen LogP contribution < -0.4 is 43.9 Å². The standard InChI is InChI=1S/C68H82N24O22S6/c1-39-31-49(53(119(109,110)111)37-51(39)81-67-85-63(77-41-7-3-11-45(33-41)115(101,102)89(23-15-55(69)93)24-16-56(70)94)83-64(86-67)78-42-8-4-12-46(34-42)116(103,104)90(25-17-57(71)95)26-18-58(72)96)50-32-40(2)52(38-54(50)120(112,113)114)82-68-87-65(79-43-9-5-13-47(35-43)117(105,106)91(27-19-59(73)97)28-20-60(74)98)84-66(88-68)80-44-10-6-14-48(36-44)118(107,108)92(29-21-61(75)99)30-22-62(76)100/h3-14,31-38H,15-30H2,1-2H3,(H2,69,93)(H2,70,94)(H2,71,95)(H2,72,96)(H2,73,97)(H2,74,98)(H2,75,99)(H2,76,100)(H,109,110,111)(H,112,113,114)(H3,77,78,81,83,85,86)(H3,79,80,82,84,87,88)/p-2. The minimum absolute atomic E-state index is 0.0207. The van der Waals surface area contributed by atoms with Crippen molar-refractivity contribution < 1.29 is 100 Å². The largest absolute Gasteiger partial charge is 0.862 e. The number of aromatic amines is 6. The number of hydrogen-bond acceptors (Lipinski definition) is 28. The van der Waals surface area contributed by atoms with Crippen molar-refractivity contribution in [3.63, 3.8) is 0 Å². The van der Waals surface area contributed by atoms with E-state index < -0.39 is 263 Å². The van der Waals surface area contributed by atoms with Crippen LogP contribution in [0.25, 0.3) is 11.1 Å². The van der Waals surface area contributed by atoms with Gasteiger partial charge in [0, 0.05) is 102 Å². The van der Waals surface area contributed by atoms with Crippen molar-refractivity contribution in [2.75, 3.05) is 52.4 Å². The Labute approximate surface area is 682 Å². The second kappa shape index (κ2) is 39.3. The highest BCUT2D eigenvalue weighted by Gasteiger charge is 2.31. The molecule has 6 aromatic carbocycles. The average Bonchev–Trinajstić information content (AvgIpc) is 0.753. The second-order valence-electron chi connectivity index (χ2n) is 25.9. The molecule has 0 aliphatic heterocycles. The molecular weight excluding hydrogens is 1700 g/mol. The molecule has 0 saturated heterocycles. The number of benzene rings is 6. The molecule has 22 N–H and O–H groups in total. The number of aryl methyl sites for hydroxylation is 2. The molecule has 0 spiro atoms. The molecule has 0 bridgehead atoms. The van der Waals surface area contributed by atoms with Crippen LogP contribution in [0.3, 0.4) is 0 Å². The number of sulfonamides is 4. The van der Waals surface area contributed by atoms with Crippen LogP contribution in [0.15, 0.2) is 181 Å². The number of nitrogens with zero attached hydrogens (tertiary/aromatic N) is 10. The van der Waals surface area contributed by atoms with E-state index in [4.69, 9.17) is 43.3 Å². The second-order valence-corrected chi connectivity index (χ2v) is 36.4. The molecule has 120 heavy (non-hydrogen) atoms. The Morgan fingerprint density at radius 2 is 0.517 bits per heavy atom. The normalized spacial score (nSPS) is 13.2. The third kappa shape index (κ3) is 25.7. The first-order valence-electron chi connectivity index (χ1n) is 35.0. The maximum atomic E-state index is 14.1. The van der Waals surface area contributed by atoms with E-state index in [-0.39, 0.29) is 67.7 Å². The Balaban J connectivity index is 1.34. The molecule has 46 nitrogen and oxygen atoms in total. The van der Waals surface area contributed by atoms with E-state index in [2.05, 4.69) is 59.9 Å². The van der Waals surface area contributed by atoms with Crippen molar-refractivity contribution in [3.05, 3.63) is 166 Å². The Morgan fingerprint density at radius 3 is 0.708 bits per heavy atom. The molecule has 2 heterocycles. The summed E-state index contributed by atoms with van der Waals surface area (Å²) in [7, 11) is -29.4. The zero-order valence-corrected chi connectivity index (χ0v) is 68.0. The van der Waals surface area contributed by atoms with Crippen LogP contribution in [0.1, 0.15) is 62.5 Å². The predicted octanol–water partition coefficient (Wildman–Crippen LogP) is 2.80. The van der Waals surface area contributed by atoms with Gasteiger partial charge in [-0.05, 0) is 147 Å². The van der Waals surface area contributed by atoms with Crippen LogP contribution in [-0.4, -0.2) is 237 Å². The first kappa shape index (κ1) is 92.9. The lowest BCUT2D eigenvalue weighted by Gasteiger charge is -2.24. The lowest BCUT2D eigenvalue weighted by atomic mass is 9.99. The van der Waals surface area contributed by atoms with E-state index in [1.54, 1.807) is 0 Å². The molecule has 0 atom stereocenters. The molecule has 0 saturated carbocycles. The monoisotopic (exact) mass is 1780 g/mol. The van der Waals surface area contributed by atoms with Crippen LogP contribution in [0.4, 0.5) is 34.1 Å². The summed E-state index contributed by atoms with van der Waals surface area (Å²) in [6.45, 7) is -1.19. The minimum Gasteiger partial charge on any atom is -0.862 e. The van der Waals surface area contributed by atoms with Gasteiger partial charge >= 0.3 is 0 Å². The Morgan fingerprint density at radius 1 is 0.317 bits per heavy atom. The average molecular weight is 1780 g/mol. The Kier molecular flexibility index (Phi) is 30.4. The van der Waals surface area contributed by atoms with Crippen LogP contribution in [0, 0.1) is 57.1 Å². The highest BCUT2D eigenvalue weighted by atomic mass is 32.2. The summed E-state index contributed by atoms with van der Waals surface area (Å²) in [5.74, 6) is -7.49. The van der Waals surface area contributed by atoms with Crippen molar-refractivity contribution >= 4 is 142 Å². The van der Waals surface area contributed by atoms with E-state index in [0.717, 1.165) is 71.8 Å². The van der Waals surface area contributed by atoms with Gasteiger partial charge in [-0.15, -0.1) is 0 Å². The zero-order valence-electron chi connectivity index (χ0n) is 63.1. The molecule has 0 fully saturated rings. The number of aromatic nitrogens is 6. The van der Waals surface area contributed by atoms with Gasteiger partial charge in [0.2, 0.25) is 73.8 Å². The summed E-state index contributed by atoms with van der Waals surface area (Å²) in [5, 5.41) is 141. The predicted molar refractivity (Wildman–Crippen MR) is 427 cm³/mol. The minimum atomic E-state index is -5.54. The third-order valence-electron chi connectivity index (χ3n) is 16.9. The van der Waals surface area contributed by atoms with Gasteiger partial charge in [-0.1, -0.05) is 24.3 Å². The van der Waals surface area contributed by atoms with Crippen molar-refractivity contribution in [2.45, 2.75) is 94.6 Å². The molecule has 0 aliphatic carbocycles. The van der Waals surface area contributed by atoms with Gasteiger partial charge in [-0.25, -0.2) is 63.6 Å². The van der Waals surface area contributed by atoms with E-state index in [1.165, 1.54) is 80.6 Å². The molecule has 8 aromatic rings. The lowest BCUT2D eigenvalue weighted by molar-refractivity contribution is -0.220. The highest BCUT2D eigenvalue weighted by Crippen LogP contribution is 2.40. The number of nitrogens with one attached hydrogen (secondary N) is 14. The topological polar surface area (TPSA) is 785 Å². The van der Waals surface area contributed by atoms with Crippen LogP contribution in [-0.2, 0) is 60.3 Å². The summed E-state index contributed by atoms with van der Waals surface area (Å²) in [6.07, 6.45) is -3.90. The van der Waals surface area contributed by atoms with Crippen LogP contribution in [0.2, 0.25) is 0 Å². The van der Waals surface area contributed by atoms with Gasteiger partial charge in [0.05, 0.1) is 53.7 Å². The number of aliphatic hydroxyl groups is 6. The molecule has 0 radical (unpaired) electrons. The molecule has 642 valence electrons. The van der Waals surface area contributed by atoms with E-state index in [0.29, 0.717) is 0 Å². The fourth-order valence-corrected chi connectivity index (χ4v) is 18.4. The number of H-pyrrole nitrogens is 6. The quantitative estimate of drug-likeness (QED) is 0.0149. The SMILES string of the molecule is Cc1cc(-c2cc(C)c(N=c3[nH]c(=Nc4cccc(S(=O)(=O)N(CCC(=N)O)CCC(=N)O)c4)[nH]c(=Nc4cccc(S(=O)(=O)N(CCC(=N)O)CCC(=N)O)c4)[nH]3)cc2S(=O)(=O)O)c(S(=O)(=O)O)cc1N=c1[nH]c(=Nc2cccc(S(=O)(=O)N(CCC(=N)[O-])CCC(=N)[O-])c2)[nH]c(=Nc2cccc(S(=O)(=O)N(CCC(=N)O)CCC(=N)O)c2)[nH]1. The smallest absolute Gasteiger partial charge is 0.295 e. The highest BCUT2D eigenvalue weighted by molar-refractivity contribution is 7.90. The van der Waals surface area contributed by atoms with E-state index in [9.17, 15) is 100 Å². The molecule has 8 rings (SSSR count). The summed E-state index contributed by atoms with van der Waals surface area (Å²) in [5.41, 5.74) is -4.73. The molecule has 0 aliphatic rings. The summed E-state index contributed by atoms with van der Waals surface area (Å²) < 4.78 is 193. The van der Waals surface area contributed by atoms with Crippen molar-refractivity contribution in [3.8, 4) is 11.1 Å². The van der Waals surface area contributed by atoms with Gasteiger partial charge in [-0.2, -0.15) is 34.1 Å². The van der Waals surface area contributed by atoms with E-state index in [1.807, 2.05) is 0 Å². The van der Waals surface area contributed by atoms with Gasteiger partial charge in [0.1, 0.15) is 9.79 Å². The Bertz CT molecular complexity index is 5840. The van der Waals surface area contributed by atoms with Crippen LogP contribution >= 0.6 is 0 Å². The third-order valence-corrected chi connectivity index (χ3v) is 26.2. The van der Waals surface area contributed by atoms with Gasteiger partial charge in [0.25, 0.3) is 20.2 Å². The zero-order chi connectivity index (χ0) is 88.6. The summed E-state index contributed by atoms with van der Waals surface area (Å²) in [4.78, 5) is 40.0. The number of hydrogen-bond donors (Lipinski definition) is 22. The summed E-state index contributed by atoms with van der Waals surface area (Å²) in [6, 6.07) is 23.0. The maximum absolute atomic E-state index is 14.1. The van der Waals surface area contributed by atoms with Gasteiger partial charge in [0.15, 0.2) is 35.4 Å². The molecular formula is C68H80N24O22S6-2. The van der Waals surface area contributed by atoms with Gasteiger partial charge in [-0.3, -0.25) is 71.5 Å². The van der Waals surface area contributed by atoms with Crippen molar-refractivity contribution in [2.24, 2.45) is 30.0 Å². The maximum Gasteiger partial charge on any atom is 0.295 e.